The van der Waals surface area contributed by atoms with E-state index >= 15 is 0 Å². The molecule has 2 heterocycles. The van der Waals surface area contributed by atoms with Gasteiger partial charge in [-0.2, -0.15) is 0 Å². The maximum Gasteiger partial charge on any atom is 0.252 e. The van der Waals surface area contributed by atoms with E-state index in [1.54, 1.807) is 0 Å². The van der Waals surface area contributed by atoms with Crippen LogP contribution in [0.25, 0.3) is 22.3 Å². The van der Waals surface area contributed by atoms with E-state index in [4.69, 9.17) is 9.97 Å². The minimum absolute atomic E-state index is 0. The van der Waals surface area contributed by atoms with Crippen molar-refractivity contribution in [1.82, 2.24) is 15.3 Å². The van der Waals surface area contributed by atoms with Crippen molar-refractivity contribution in [3.8, 4) is 11.4 Å². The van der Waals surface area contributed by atoms with E-state index in [0.29, 0.717) is 12.8 Å². The summed E-state index contributed by atoms with van der Waals surface area (Å²) in [6, 6.07) is 14.6. The summed E-state index contributed by atoms with van der Waals surface area (Å²) in [5, 5.41) is 14.6. The van der Waals surface area contributed by atoms with E-state index < -0.39 is 5.60 Å². The molecule has 33 heavy (non-hydrogen) atoms. The van der Waals surface area contributed by atoms with Crippen molar-refractivity contribution in [2.24, 2.45) is 0 Å². The fourth-order valence-electron chi connectivity index (χ4n) is 4.53. The number of rotatable bonds is 6. The van der Waals surface area contributed by atoms with E-state index in [2.05, 4.69) is 54.4 Å². The molecule has 6 nitrogen and oxygen atoms in total. The van der Waals surface area contributed by atoms with Gasteiger partial charge in [0.15, 0.2) is 5.82 Å². The third-order valence-electron chi connectivity index (χ3n) is 6.94. The van der Waals surface area contributed by atoms with Crippen molar-refractivity contribution < 1.29 is 12.8 Å². The summed E-state index contributed by atoms with van der Waals surface area (Å²) >= 11 is 0. The molecule has 1 aliphatic heterocycles. The third-order valence-corrected chi connectivity index (χ3v) is 6.94. The van der Waals surface area contributed by atoms with Crippen LogP contribution in [-0.2, 0) is 4.79 Å². The van der Waals surface area contributed by atoms with Crippen LogP contribution in [0.3, 0.4) is 0 Å². The van der Waals surface area contributed by atoms with E-state index in [-0.39, 0.29) is 14.8 Å². The Labute approximate surface area is 199 Å². The number of amides is 1. The third kappa shape index (κ3) is 4.71. The van der Waals surface area contributed by atoms with Crippen LogP contribution in [0.5, 0.6) is 0 Å². The zero-order valence-electron chi connectivity index (χ0n) is 20.1. The highest BCUT2D eigenvalue weighted by Crippen LogP contribution is 2.31. The number of fused-ring (bicyclic) bond motifs is 1. The second kappa shape index (κ2) is 9.48. The van der Waals surface area contributed by atoms with Gasteiger partial charge in [-0.3, -0.25) is 4.79 Å². The van der Waals surface area contributed by atoms with Crippen molar-refractivity contribution in [1.29, 1.82) is 0 Å². The van der Waals surface area contributed by atoms with Crippen molar-refractivity contribution in [3.05, 3.63) is 53.6 Å². The Balaban J connectivity index is 0.00000216. The van der Waals surface area contributed by atoms with Gasteiger partial charge in [-0.25, -0.2) is 9.97 Å². The quantitative estimate of drug-likeness (QED) is 0.550. The number of carbonyl (C=O) groups is 1. The Morgan fingerprint density at radius 1 is 1.12 bits per heavy atom. The predicted molar refractivity (Wildman–Crippen MR) is 138 cm³/mol. The molecule has 1 saturated heterocycles. The van der Waals surface area contributed by atoms with E-state index in [9.17, 15) is 9.90 Å². The molecule has 178 valence electrons. The molecule has 0 bridgehead atoms. The van der Waals surface area contributed by atoms with Crippen LogP contribution in [0.2, 0.25) is 0 Å². The molecule has 2 N–H and O–H groups in total. The topological polar surface area (TPSA) is 78.4 Å². The minimum Gasteiger partial charge on any atom is -0.380 e. The Hall–Kier alpha value is -2.99. The number of benzene rings is 2. The highest BCUT2D eigenvalue weighted by Gasteiger charge is 2.34. The van der Waals surface area contributed by atoms with Gasteiger partial charge >= 0.3 is 0 Å². The number of aromatic nitrogens is 2. The first kappa shape index (κ1) is 23.2. The molecule has 0 atom stereocenters. The van der Waals surface area contributed by atoms with E-state index in [1.807, 2.05) is 26.0 Å². The summed E-state index contributed by atoms with van der Waals surface area (Å²) in [5.41, 5.74) is 3.03. The zero-order valence-corrected chi connectivity index (χ0v) is 20.1. The van der Waals surface area contributed by atoms with E-state index in [1.165, 1.54) is 5.56 Å². The summed E-state index contributed by atoms with van der Waals surface area (Å²) in [7, 11) is 0. The van der Waals surface area contributed by atoms with Crippen molar-refractivity contribution >= 4 is 22.6 Å². The summed E-state index contributed by atoms with van der Waals surface area (Å²) in [4.78, 5) is 24.8. The Kier molecular flexibility index (Phi) is 6.66. The lowest BCUT2D eigenvalue weighted by Crippen LogP contribution is -2.52. The average Bonchev–Trinajstić information content (AvgIpc) is 2.83. The fraction of sp³-hybridized carbons (Fsp3) is 0.444. The van der Waals surface area contributed by atoms with Crippen LogP contribution >= 0.6 is 0 Å². The number of hydrogen-bond donors (Lipinski definition) is 2. The van der Waals surface area contributed by atoms with Crippen LogP contribution in [0, 0.1) is 13.8 Å². The second-order valence-electron chi connectivity index (χ2n) is 9.18. The summed E-state index contributed by atoms with van der Waals surface area (Å²) in [6.07, 6.45) is 2.46. The zero-order chi connectivity index (χ0) is 23.6. The van der Waals surface area contributed by atoms with Gasteiger partial charge < -0.3 is 15.3 Å². The molecule has 1 aromatic heterocycles. The lowest BCUT2D eigenvalue weighted by molar-refractivity contribution is -0.141. The average molecular weight is 451 g/mol. The molecule has 1 fully saturated rings. The van der Waals surface area contributed by atoms with E-state index in [0.717, 1.165) is 59.6 Å². The molecular formula is C27H38N4O2. The number of nitrogens with zero attached hydrogens (tertiary/aromatic N) is 3. The lowest BCUT2D eigenvalue weighted by Gasteiger charge is -2.35. The molecular weight excluding hydrogens is 412 g/mol. The monoisotopic (exact) mass is 450 g/mol. The van der Waals surface area contributed by atoms with Crippen molar-refractivity contribution in [3.63, 3.8) is 0 Å². The molecule has 1 amide bonds. The van der Waals surface area contributed by atoms with Crippen LogP contribution in [0.1, 0.15) is 53.5 Å². The summed E-state index contributed by atoms with van der Waals surface area (Å²) < 4.78 is 0. The van der Waals surface area contributed by atoms with Crippen LogP contribution in [0.15, 0.2) is 42.5 Å². The number of piperidine rings is 1. The lowest BCUT2D eigenvalue weighted by atomic mass is 9.95. The number of aliphatic hydroxyl groups is 1. The second-order valence-corrected chi connectivity index (χ2v) is 9.18. The maximum atomic E-state index is 12.6. The molecule has 0 saturated carbocycles. The Bertz CT molecular complexity index is 1160. The first-order chi connectivity index (χ1) is 15.8. The molecule has 0 spiro atoms. The minimum atomic E-state index is -1.28. The highest BCUT2D eigenvalue weighted by molar-refractivity contribution is 5.92. The Morgan fingerprint density at radius 2 is 1.82 bits per heavy atom. The molecule has 0 unspecified atom stereocenters. The summed E-state index contributed by atoms with van der Waals surface area (Å²) in [6.45, 7) is 9.43. The molecule has 4 rings (SSSR count). The van der Waals surface area contributed by atoms with Crippen LogP contribution in [0.4, 0.5) is 5.82 Å². The molecule has 2 aromatic carbocycles. The first-order valence-electron chi connectivity index (χ1n) is 12.0. The van der Waals surface area contributed by atoms with Gasteiger partial charge in [0.1, 0.15) is 11.4 Å². The summed E-state index contributed by atoms with van der Waals surface area (Å²) in [5.74, 6) is 1.44. The van der Waals surface area contributed by atoms with Gasteiger partial charge in [-0.05, 0) is 62.8 Å². The van der Waals surface area contributed by atoms with Gasteiger partial charge in [0.2, 0.25) is 0 Å². The largest absolute Gasteiger partial charge is 0.380 e. The maximum absolute atomic E-state index is 12.6. The molecule has 0 radical (unpaired) electrons. The molecule has 3 aromatic rings. The van der Waals surface area contributed by atoms with Crippen LogP contribution in [-0.4, -0.2) is 45.7 Å². The smallest absolute Gasteiger partial charge is 0.252 e. The molecule has 6 heteroatoms. The van der Waals surface area contributed by atoms with Crippen LogP contribution < -0.4 is 10.2 Å². The number of nitrogens with one attached hydrogen (secondary N) is 1. The first-order valence-corrected chi connectivity index (χ1v) is 12.0. The van der Waals surface area contributed by atoms with Crippen molar-refractivity contribution in [2.75, 3.05) is 18.0 Å². The van der Waals surface area contributed by atoms with Gasteiger partial charge in [-0.15, -0.1) is 0 Å². The molecule has 0 aliphatic carbocycles. The number of anilines is 1. The highest BCUT2D eigenvalue weighted by atomic mass is 16.3. The Morgan fingerprint density at radius 3 is 2.48 bits per heavy atom. The normalized spacial score (nSPS) is 15.1. The van der Waals surface area contributed by atoms with Gasteiger partial charge in [0.25, 0.3) is 5.91 Å². The standard InChI is InChI=1S/C27H34N4O2.2H2/c1-5-27(33,6-2)26(32)28-20-13-15-31(16-14-20)25-22-12-11-18(3)17-23(22)29-24(30-25)21-10-8-7-9-19(21)4;;/h7-12,17,20,33H,5-6,13-16H2,1-4H3,(H,28,32);2*1H. The predicted octanol–water partition coefficient (Wildman–Crippen LogP) is 5.04. The van der Waals surface area contributed by atoms with Gasteiger partial charge in [0, 0.05) is 32.9 Å². The number of carbonyl (C=O) groups excluding carboxylic acids is 1. The number of aryl methyl sites for hydroxylation is 2. The van der Waals surface area contributed by atoms with Gasteiger partial charge in [0.05, 0.1) is 5.52 Å². The molecule has 1 aliphatic rings. The number of hydrogen-bond acceptors (Lipinski definition) is 5. The van der Waals surface area contributed by atoms with Gasteiger partial charge in [-0.1, -0.05) is 44.2 Å². The SMILES string of the molecule is CCC(O)(CC)C(=O)NC1CCN(c2nc(-c3ccccc3C)nc3cc(C)ccc23)CC1.[HH].[HH]. The fourth-order valence-corrected chi connectivity index (χ4v) is 4.53. The van der Waals surface area contributed by atoms with Crippen molar-refractivity contribution in [2.45, 2.75) is 65.0 Å².